The highest BCUT2D eigenvalue weighted by molar-refractivity contribution is 5.59. The van der Waals surface area contributed by atoms with E-state index in [-0.39, 0.29) is 5.82 Å². The molecule has 0 bridgehead atoms. The SMILES string of the molecule is Cc1cc(F)ccc1-c1noc(CC2CCCNC2)n1. The number of hydrogen-bond donors (Lipinski definition) is 1. The smallest absolute Gasteiger partial charge is 0.227 e. The van der Waals surface area contributed by atoms with Crippen molar-refractivity contribution in [2.75, 3.05) is 13.1 Å². The van der Waals surface area contributed by atoms with Gasteiger partial charge in [0.25, 0.3) is 0 Å². The van der Waals surface area contributed by atoms with Gasteiger partial charge in [-0.2, -0.15) is 4.98 Å². The summed E-state index contributed by atoms with van der Waals surface area (Å²) < 4.78 is 18.4. The molecule has 2 aromatic rings. The lowest BCUT2D eigenvalue weighted by Gasteiger charge is -2.20. The lowest BCUT2D eigenvalue weighted by Crippen LogP contribution is -2.30. The molecular weight excluding hydrogens is 257 g/mol. The number of hydrogen-bond acceptors (Lipinski definition) is 4. The normalized spacial score (nSPS) is 19.2. The number of halogens is 1. The average molecular weight is 275 g/mol. The first kappa shape index (κ1) is 13.2. The fraction of sp³-hybridized carbons (Fsp3) is 0.467. The van der Waals surface area contributed by atoms with Gasteiger partial charge in [0, 0.05) is 12.0 Å². The molecule has 1 aliphatic heterocycles. The molecule has 1 aromatic heterocycles. The highest BCUT2D eigenvalue weighted by Crippen LogP contribution is 2.22. The van der Waals surface area contributed by atoms with Crippen LogP contribution in [0.4, 0.5) is 4.39 Å². The van der Waals surface area contributed by atoms with E-state index in [1.54, 1.807) is 6.07 Å². The molecule has 106 valence electrons. The standard InChI is InChI=1S/C15H18FN3O/c1-10-7-12(16)4-5-13(10)15-18-14(20-19-15)8-11-3-2-6-17-9-11/h4-5,7,11,17H,2-3,6,8-9H2,1H3. The lowest BCUT2D eigenvalue weighted by molar-refractivity contribution is 0.316. The van der Waals surface area contributed by atoms with E-state index >= 15 is 0 Å². The molecular formula is C15H18FN3O. The first-order valence-corrected chi connectivity index (χ1v) is 7.02. The minimum absolute atomic E-state index is 0.247. The number of piperidine rings is 1. The summed E-state index contributed by atoms with van der Waals surface area (Å²) >= 11 is 0. The summed E-state index contributed by atoms with van der Waals surface area (Å²) in [4.78, 5) is 4.44. The van der Waals surface area contributed by atoms with Crippen molar-refractivity contribution in [1.29, 1.82) is 0 Å². The van der Waals surface area contributed by atoms with Crippen molar-refractivity contribution in [2.24, 2.45) is 5.92 Å². The topological polar surface area (TPSA) is 51.0 Å². The van der Waals surface area contributed by atoms with Crippen molar-refractivity contribution >= 4 is 0 Å². The number of benzene rings is 1. The monoisotopic (exact) mass is 275 g/mol. The van der Waals surface area contributed by atoms with E-state index in [2.05, 4.69) is 15.5 Å². The molecule has 1 fully saturated rings. The molecule has 3 rings (SSSR count). The van der Waals surface area contributed by atoms with Gasteiger partial charge in [0.2, 0.25) is 11.7 Å². The van der Waals surface area contributed by atoms with Crippen molar-refractivity contribution in [3.63, 3.8) is 0 Å². The van der Waals surface area contributed by atoms with Crippen LogP contribution in [-0.2, 0) is 6.42 Å². The number of nitrogens with one attached hydrogen (secondary N) is 1. The Bertz CT molecular complexity index is 591. The molecule has 0 saturated carbocycles. The van der Waals surface area contributed by atoms with Gasteiger partial charge in [-0.25, -0.2) is 4.39 Å². The summed E-state index contributed by atoms with van der Waals surface area (Å²) in [6.45, 7) is 3.95. The molecule has 1 N–H and O–H groups in total. The zero-order valence-electron chi connectivity index (χ0n) is 11.5. The number of nitrogens with zero attached hydrogens (tertiary/aromatic N) is 2. The Morgan fingerprint density at radius 3 is 3.10 bits per heavy atom. The molecule has 0 aliphatic carbocycles. The fourth-order valence-electron chi connectivity index (χ4n) is 2.67. The minimum atomic E-state index is -0.247. The van der Waals surface area contributed by atoms with Gasteiger partial charge in [0.15, 0.2) is 0 Å². The van der Waals surface area contributed by atoms with Crippen molar-refractivity contribution in [3.8, 4) is 11.4 Å². The van der Waals surface area contributed by atoms with Crippen LogP contribution < -0.4 is 5.32 Å². The first-order chi connectivity index (χ1) is 9.72. The molecule has 5 heteroatoms. The van der Waals surface area contributed by atoms with E-state index in [4.69, 9.17) is 4.52 Å². The zero-order chi connectivity index (χ0) is 13.9. The summed E-state index contributed by atoms with van der Waals surface area (Å²) in [5.74, 6) is 1.52. The Morgan fingerprint density at radius 1 is 1.45 bits per heavy atom. The van der Waals surface area contributed by atoms with Crippen LogP contribution in [0.3, 0.4) is 0 Å². The maximum absolute atomic E-state index is 13.1. The molecule has 1 saturated heterocycles. The van der Waals surface area contributed by atoms with E-state index in [0.717, 1.165) is 30.6 Å². The molecule has 4 nitrogen and oxygen atoms in total. The van der Waals surface area contributed by atoms with Crippen LogP contribution in [0.1, 0.15) is 24.3 Å². The third kappa shape index (κ3) is 2.88. The van der Waals surface area contributed by atoms with Crippen LogP contribution in [0, 0.1) is 18.7 Å². The van der Waals surface area contributed by atoms with E-state index in [1.165, 1.54) is 25.0 Å². The maximum atomic E-state index is 13.1. The second kappa shape index (κ2) is 5.71. The first-order valence-electron chi connectivity index (χ1n) is 7.02. The number of aromatic nitrogens is 2. The van der Waals surface area contributed by atoms with Crippen molar-refractivity contribution in [2.45, 2.75) is 26.2 Å². The predicted octanol–water partition coefficient (Wildman–Crippen LogP) is 2.73. The van der Waals surface area contributed by atoms with Gasteiger partial charge in [-0.05, 0) is 62.5 Å². The maximum Gasteiger partial charge on any atom is 0.227 e. The predicted molar refractivity (Wildman–Crippen MR) is 73.7 cm³/mol. The summed E-state index contributed by atoms with van der Waals surface area (Å²) in [6, 6.07) is 4.60. The fourth-order valence-corrected chi connectivity index (χ4v) is 2.67. The van der Waals surface area contributed by atoms with Crippen LogP contribution in [0.2, 0.25) is 0 Å². The highest BCUT2D eigenvalue weighted by atomic mass is 19.1. The number of aryl methyl sites for hydroxylation is 1. The largest absolute Gasteiger partial charge is 0.339 e. The summed E-state index contributed by atoms with van der Waals surface area (Å²) in [7, 11) is 0. The molecule has 2 heterocycles. The van der Waals surface area contributed by atoms with Crippen LogP contribution in [-0.4, -0.2) is 23.2 Å². The summed E-state index contributed by atoms with van der Waals surface area (Å²) in [6.07, 6.45) is 3.20. The Hall–Kier alpha value is -1.75. The van der Waals surface area contributed by atoms with Gasteiger partial charge in [0.1, 0.15) is 5.82 Å². The Morgan fingerprint density at radius 2 is 2.35 bits per heavy atom. The Labute approximate surface area is 117 Å². The van der Waals surface area contributed by atoms with Crippen molar-refractivity contribution in [3.05, 3.63) is 35.5 Å². The average Bonchev–Trinajstić information content (AvgIpc) is 2.88. The second-order valence-electron chi connectivity index (χ2n) is 5.39. The van der Waals surface area contributed by atoms with Crippen LogP contribution in [0.25, 0.3) is 11.4 Å². The van der Waals surface area contributed by atoms with Crippen LogP contribution in [0.5, 0.6) is 0 Å². The molecule has 1 unspecified atom stereocenters. The van der Waals surface area contributed by atoms with Crippen LogP contribution in [0.15, 0.2) is 22.7 Å². The third-order valence-corrected chi connectivity index (χ3v) is 3.76. The number of rotatable bonds is 3. The lowest BCUT2D eigenvalue weighted by atomic mass is 9.96. The van der Waals surface area contributed by atoms with E-state index < -0.39 is 0 Å². The van der Waals surface area contributed by atoms with Gasteiger partial charge < -0.3 is 9.84 Å². The molecule has 0 spiro atoms. The summed E-state index contributed by atoms with van der Waals surface area (Å²) in [5.41, 5.74) is 1.64. The summed E-state index contributed by atoms with van der Waals surface area (Å²) in [5, 5.41) is 7.39. The van der Waals surface area contributed by atoms with Gasteiger partial charge >= 0.3 is 0 Å². The molecule has 1 aromatic carbocycles. The molecule has 1 aliphatic rings. The Kier molecular flexibility index (Phi) is 3.78. The van der Waals surface area contributed by atoms with Gasteiger partial charge in [-0.1, -0.05) is 5.16 Å². The molecule has 20 heavy (non-hydrogen) atoms. The van der Waals surface area contributed by atoms with E-state index in [1.807, 2.05) is 6.92 Å². The van der Waals surface area contributed by atoms with Gasteiger partial charge in [-0.3, -0.25) is 0 Å². The highest BCUT2D eigenvalue weighted by Gasteiger charge is 2.18. The Balaban J connectivity index is 1.75. The van der Waals surface area contributed by atoms with Crippen LogP contribution >= 0.6 is 0 Å². The van der Waals surface area contributed by atoms with E-state index in [9.17, 15) is 4.39 Å². The zero-order valence-corrected chi connectivity index (χ0v) is 11.5. The van der Waals surface area contributed by atoms with E-state index in [0.29, 0.717) is 17.6 Å². The molecule has 1 atom stereocenters. The molecule has 0 radical (unpaired) electrons. The molecule has 0 amide bonds. The minimum Gasteiger partial charge on any atom is -0.339 e. The quantitative estimate of drug-likeness (QED) is 0.935. The van der Waals surface area contributed by atoms with Crippen molar-refractivity contribution < 1.29 is 8.91 Å². The third-order valence-electron chi connectivity index (χ3n) is 3.76. The van der Waals surface area contributed by atoms with Crippen molar-refractivity contribution in [1.82, 2.24) is 15.5 Å². The second-order valence-corrected chi connectivity index (χ2v) is 5.39. The van der Waals surface area contributed by atoms with Gasteiger partial charge in [-0.15, -0.1) is 0 Å². The van der Waals surface area contributed by atoms with Gasteiger partial charge in [0.05, 0.1) is 0 Å².